The molecule has 0 fully saturated rings. The van der Waals surface area contributed by atoms with E-state index in [0.29, 0.717) is 17.6 Å². The standard InChI is InChI=1S/C21H21N5OS/c1-2-26-19(14-15-8-4-3-5-9-15)24-25-21(26)28-13-12-18-22-17-11-7-6-10-16(17)20(27)23-18/h3-11H,2,12-14H2,1H3,(H,22,23,27). The van der Waals surface area contributed by atoms with Crippen molar-refractivity contribution in [2.24, 2.45) is 0 Å². The maximum atomic E-state index is 12.2. The average Bonchev–Trinajstić information content (AvgIpc) is 3.10. The van der Waals surface area contributed by atoms with Crippen LogP contribution in [-0.2, 0) is 19.4 Å². The predicted molar refractivity (Wildman–Crippen MR) is 112 cm³/mol. The van der Waals surface area contributed by atoms with E-state index >= 15 is 0 Å². The summed E-state index contributed by atoms with van der Waals surface area (Å²) in [6, 6.07) is 17.7. The zero-order chi connectivity index (χ0) is 19.3. The number of aryl methyl sites for hydroxylation is 1. The molecule has 0 saturated carbocycles. The van der Waals surface area contributed by atoms with E-state index in [0.717, 1.165) is 35.2 Å². The first-order valence-electron chi connectivity index (χ1n) is 9.31. The molecule has 0 aliphatic rings. The molecule has 142 valence electrons. The molecule has 0 aliphatic carbocycles. The molecule has 7 heteroatoms. The summed E-state index contributed by atoms with van der Waals surface area (Å²) < 4.78 is 2.15. The van der Waals surface area contributed by atoms with Crippen LogP contribution in [0.3, 0.4) is 0 Å². The van der Waals surface area contributed by atoms with Crippen LogP contribution in [0.1, 0.15) is 24.1 Å². The summed E-state index contributed by atoms with van der Waals surface area (Å²) in [6.45, 7) is 2.92. The summed E-state index contributed by atoms with van der Waals surface area (Å²) in [6.07, 6.45) is 1.43. The van der Waals surface area contributed by atoms with Crippen LogP contribution in [0.4, 0.5) is 0 Å². The van der Waals surface area contributed by atoms with Gasteiger partial charge in [0, 0.05) is 25.1 Å². The zero-order valence-electron chi connectivity index (χ0n) is 15.6. The van der Waals surface area contributed by atoms with Crippen molar-refractivity contribution in [3.63, 3.8) is 0 Å². The Morgan fingerprint density at radius 3 is 2.64 bits per heavy atom. The lowest BCUT2D eigenvalue weighted by molar-refractivity contribution is 0.651. The number of nitrogens with zero attached hydrogens (tertiary/aromatic N) is 4. The van der Waals surface area contributed by atoms with Crippen molar-refractivity contribution >= 4 is 22.7 Å². The predicted octanol–water partition coefficient (Wildman–Crippen LogP) is 3.46. The van der Waals surface area contributed by atoms with Crippen LogP contribution >= 0.6 is 11.8 Å². The van der Waals surface area contributed by atoms with Crippen molar-refractivity contribution in [1.82, 2.24) is 24.7 Å². The molecule has 4 aromatic rings. The number of benzene rings is 2. The van der Waals surface area contributed by atoms with Gasteiger partial charge in [0.1, 0.15) is 11.6 Å². The molecule has 0 amide bonds. The molecular formula is C21H21N5OS. The Morgan fingerprint density at radius 2 is 1.82 bits per heavy atom. The fraction of sp³-hybridized carbons (Fsp3) is 0.238. The molecule has 0 aliphatic heterocycles. The molecule has 0 bridgehead atoms. The van der Waals surface area contributed by atoms with Crippen LogP contribution in [0.25, 0.3) is 10.9 Å². The molecule has 0 atom stereocenters. The highest BCUT2D eigenvalue weighted by Crippen LogP contribution is 2.19. The molecule has 2 heterocycles. The third-order valence-corrected chi connectivity index (χ3v) is 5.52. The van der Waals surface area contributed by atoms with E-state index < -0.39 is 0 Å². The van der Waals surface area contributed by atoms with E-state index in [1.54, 1.807) is 17.8 Å². The minimum Gasteiger partial charge on any atom is -0.310 e. The lowest BCUT2D eigenvalue weighted by atomic mass is 10.1. The molecule has 0 saturated heterocycles. The van der Waals surface area contributed by atoms with Gasteiger partial charge in [-0.05, 0) is 24.6 Å². The monoisotopic (exact) mass is 391 g/mol. The zero-order valence-corrected chi connectivity index (χ0v) is 16.4. The first-order valence-corrected chi connectivity index (χ1v) is 10.3. The first kappa shape index (κ1) is 18.4. The van der Waals surface area contributed by atoms with Gasteiger partial charge in [-0.15, -0.1) is 10.2 Å². The van der Waals surface area contributed by atoms with Crippen LogP contribution < -0.4 is 5.56 Å². The van der Waals surface area contributed by atoms with E-state index in [1.807, 2.05) is 36.4 Å². The molecule has 0 unspecified atom stereocenters. The minimum absolute atomic E-state index is 0.0903. The van der Waals surface area contributed by atoms with Crippen molar-refractivity contribution in [1.29, 1.82) is 0 Å². The maximum absolute atomic E-state index is 12.2. The number of nitrogens with one attached hydrogen (secondary N) is 1. The summed E-state index contributed by atoms with van der Waals surface area (Å²) >= 11 is 1.64. The second kappa shape index (κ2) is 8.39. The van der Waals surface area contributed by atoms with Gasteiger partial charge >= 0.3 is 0 Å². The lowest BCUT2D eigenvalue weighted by Crippen LogP contribution is -2.12. The van der Waals surface area contributed by atoms with Gasteiger partial charge in [-0.1, -0.05) is 54.2 Å². The number of hydrogen-bond donors (Lipinski definition) is 1. The summed E-state index contributed by atoms with van der Waals surface area (Å²) in [4.78, 5) is 19.6. The molecule has 2 aromatic heterocycles. The smallest absolute Gasteiger partial charge is 0.258 e. The van der Waals surface area contributed by atoms with Gasteiger partial charge in [0.05, 0.1) is 10.9 Å². The molecule has 2 aromatic carbocycles. The van der Waals surface area contributed by atoms with Gasteiger partial charge in [0.2, 0.25) is 0 Å². The molecular weight excluding hydrogens is 370 g/mol. The number of aromatic amines is 1. The Morgan fingerprint density at radius 1 is 1.04 bits per heavy atom. The van der Waals surface area contributed by atoms with E-state index in [-0.39, 0.29) is 5.56 Å². The molecule has 28 heavy (non-hydrogen) atoms. The number of hydrogen-bond acceptors (Lipinski definition) is 5. The second-order valence-corrected chi connectivity index (χ2v) is 7.50. The number of rotatable bonds is 7. The third kappa shape index (κ3) is 3.99. The van der Waals surface area contributed by atoms with Crippen molar-refractivity contribution in [3.8, 4) is 0 Å². The van der Waals surface area contributed by atoms with Crippen LogP contribution in [0, 0.1) is 0 Å². The molecule has 1 N–H and O–H groups in total. The number of para-hydroxylation sites is 1. The Bertz CT molecular complexity index is 1140. The number of H-pyrrole nitrogens is 1. The van der Waals surface area contributed by atoms with Gasteiger partial charge in [0.25, 0.3) is 5.56 Å². The van der Waals surface area contributed by atoms with Crippen molar-refractivity contribution in [2.75, 3.05) is 5.75 Å². The van der Waals surface area contributed by atoms with Crippen LogP contribution in [0.5, 0.6) is 0 Å². The average molecular weight is 392 g/mol. The first-order chi connectivity index (χ1) is 13.7. The van der Waals surface area contributed by atoms with E-state index in [4.69, 9.17) is 0 Å². The van der Waals surface area contributed by atoms with Crippen LogP contribution in [0.15, 0.2) is 64.5 Å². The molecule has 0 spiro atoms. The fourth-order valence-corrected chi connectivity index (χ4v) is 4.11. The summed E-state index contributed by atoms with van der Waals surface area (Å²) in [5.74, 6) is 2.43. The Hall–Kier alpha value is -2.93. The summed E-state index contributed by atoms with van der Waals surface area (Å²) in [5.41, 5.74) is 1.86. The normalized spacial score (nSPS) is 11.2. The number of aromatic nitrogens is 5. The molecule has 0 radical (unpaired) electrons. The largest absolute Gasteiger partial charge is 0.310 e. The third-order valence-electron chi connectivity index (χ3n) is 4.55. The van der Waals surface area contributed by atoms with E-state index in [1.165, 1.54) is 5.56 Å². The highest BCUT2D eigenvalue weighted by molar-refractivity contribution is 7.99. The Kier molecular flexibility index (Phi) is 5.53. The summed E-state index contributed by atoms with van der Waals surface area (Å²) in [5, 5.41) is 10.3. The summed E-state index contributed by atoms with van der Waals surface area (Å²) in [7, 11) is 0. The van der Waals surface area contributed by atoms with Gasteiger partial charge < -0.3 is 9.55 Å². The highest BCUT2D eigenvalue weighted by Gasteiger charge is 2.12. The van der Waals surface area contributed by atoms with Gasteiger partial charge in [-0.2, -0.15) is 0 Å². The van der Waals surface area contributed by atoms with Crippen molar-refractivity contribution < 1.29 is 0 Å². The Labute approximate surface area is 167 Å². The van der Waals surface area contributed by atoms with Crippen molar-refractivity contribution in [2.45, 2.75) is 31.5 Å². The highest BCUT2D eigenvalue weighted by atomic mass is 32.2. The molecule has 6 nitrogen and oxygen atoms in total. The van der Waals surface area contributed by atoms with Crippen LogP contribution in [-0.4, -0.2) is 30.5 Å². The van der Waals surface area contributed by atoms with Crippen LogP contribution in [0.2, 0.25) is 0 Å². The SMILES string of the molecule is CCn1c(Cc2ccccc2)nnc1SCCc1nc2ccccc2c(=O)[nH]1. The lowest BCUT2D eigenvalue weighted by Gasteiger charge is -2.07. The quantitative estimate of drug-likeness (QED) is 0.488. The van der Waals surface area contributed by atoms with Gasteiger partial charge in [0.15, 0.2) is 5.16 Å². The van der Waals surface area contributed by atoms with Gasteiger partial charge in [-0.25, -0.2) is 4.98 Å². The molecule has 4 rings (SSSR count). The Balaban J connectivity index is 1.45. The second-order valence-electron chi connectivity index (χ2n) is 6.43. The number of thioether (sulfide) groups is 1. The minimum atomic E-state index is -0.0903. The topological polar surface area (TPSA) is 76.5 Å². The van der Waals surface area contributed by atoms with Gasteiger partial charge in [-0.3, -0.25) is 4.79 Å². The maximum Gasteiger partial charge on any atom is 0.258 e. The number of fused-ring (bicyclic) bond motifs is 1. The van der Waals surface area contributed by atoms with E-state index in [9.17, 15) is 4.79 Å². The fourth-order valence-electron chi connectivity index (χ4n) is 3.14. The van der Waals surface area contributed by atoms with Crippen molar-refractivity contribution in [3.05, 3.63) is 82.2 Å². The van der Waals surface area contributed by atoms with E-state index in [2.05, 4.69) is 43.8 Å².